The number of amides is 1. The number of hydrogen-bond acceptors (Lipinski definition) is 5. The van der Waals surface area contributed by atoms with E-state index in [-0.39, 0.29) is 5.91 Å². The summed E-state index contributed by atoms with van der Waals surface area (Å²) in [4.78, 5) is 25.8. The quantitative estimate of drug-likeness (QED) is 0.640. The molecule has 0 fully saturated rings. The minimum atomic E-state index is -0.449. The summed E-state index contributed by atoms with van der Waals surface area (Å²) in [6.07, 6.45) is 1.69. The molecule has 1 aromatic carbocycles. The maximum Gasteiger partial charge on any atom is 0.358 e. The van der Waals surface area contributed by atoms with Gasteiger partial charge in [0.2, 0.25) is 5.91 Å². The lowest BCUT2D eigenvalue weighted by Gasteiger charge is -2.26. The Morgan fingerprint density at radius 3 is 2.84 bits per heavy atom. The number of ether oxygens (including phenoxy) is 2. The molecule has 0 atom stereocenters. The molecule has 0 bridgehead atoms. The van der Waals surface area contributed by atoms with Crippen LogP contribution in [0.2, 0.25) is 0 Å². The summed E-state index contributed by atoms with van der Waals surface area (Å²) in [6.45, 7) is 1.53. The van der Waals surface area contributed by atoms with Crippen LogP contribution >= 0.6 is 0 Å². The molecule has 3 rings (SSSR count). The van der Waals surface area contributed by atoms with E-state index in [1.807, 2.05) is 30.3 Å². The first kappa shape index (κ1) is 17.0. The normalized spacial score (nSPS) is 13.2. The number of fused-ring (bicyclic) bond motifs is 1. The van der Waals surface area contributed by atoms with Gasteiger partial charge in [0, 0.05) is 18.5 Å². The number of para-hydroxylation sites is 1. The second-order valence-corrected chi connectivity index (χ2v) is 5.85. The predicted octanol–water partition coefficient (Wildman–Crippen LogP) is 1.94. The molecule has 2 aromatic rings. The topological polar surface area (TPSA) is 84.5 Å². The van der Waals surface area contributed by atoms with E-state index in [4.69, 9.17) is 9.47 Å². The smallest absolute Gasteiger partial charge is 0.358 e. The number of benzene rings is 1. The Labute approximate surface area is 145 Å². The number of rotatable bonds is 6. The summed E-state index contributed by atoms with van der Waals surface area (Å²) in [6, 6.07) is 9.55. The van der Waals surface area contributed by atoms with Crippen LogP contribution in [-0.4, -0.2) is 47.2 Å². The van der Waals surface area contributed by atoms with Crippen molar-refractivity contribution in [1.82, 2.24) is 15.1 Å². The lowest BCUT2D eigenvalue weighted by molar-refractivity contribution is -0.132. The summed E-state index contributed by atoms with van der Waals surface area (Å²) in [5.41, 5.74) is 1.98. The molecule has 0 spiro atoms. The van der Waals surface area contributed by atoms with Crippen molar-refractivity contribution in [3.8, 4) is 5.75 Å². The molecular formula is C18H21N3O4. The largest absolute Gasteiger partial charge is 0.494 e. The van der Waals surface area contributed by atoms with Gasteiger partial charge in [-0.25, -0.2) is 4.79 Å². The van der Waals surface area contributed by atoms with Crippen molar-refractivity contribution in [3.05, 3.63) is 47.3 Å². The van der Waals surface area contributed by atoms with Crippen molar-refractivity contribution in [2.45, 2.75) is 25.8 Å². The first-order chi connectivity index (χ1) is 12.2. The fourth-order valence-electron chi connectivity index (χ4n) is 2.88. The number of H-pyrrole nitrogens is 1. The van der Waals surface area contributed by atoms with Crippen LogP contribution in [0.1, 0.15) is 34.6 Å². The van der Waals surface area contributed by atoms with E-state index in [2.05, 4.69) is 10.2 Å². The number of carbonyl (C=O) groups excluding carboxylic acids is 2. The summed E-state index contributed by atoms with van der Waals surface area (Å²) in [5, 5.41) is 6.86. The number of aromatic amines is 1. The minimum absolute atomic E-state index is 0.0801. The monoisotopic (exact) mass is 343 g/mol. The molecule has 1 N–H and O–H groups in total. The second-order valence-electron chi connectivity index (χ2n) is 5.85. The van der Waals surface area contributed by atoms with Crippen molar-refractivity contribution in [1.29, 1.82) is 0 Å². The van der Waals surface area contributed by atoms with Crippen LogP contribution in [0.5, 0.6) is 5.75 Å². The molecule has 0 saturated carbocycles. The Kier molecular flexibility index (Phi) is 5.33. The van der Waals surface area contributed by atoms with Crippen molar-refractivity contribution in [3.63, 3.8) is 0 Å². The highest BCUT2D eigenvalue weighted by Gasteiger charge is 2.27. The highest BCUT2D eigenvalue weighted by molar-refractivity contribution is 5.89. The first-order valence-corrected chi connectivity index (χ1v) is 8.29. The predicted molar refractivity (Wildman–Crippen MR) is 90.2 cm³/mol. The SMILES string of the molecule is COC(=O)c1n[nH]c2c1CCN(C(=O)CCCOc1ccccc1)C2. The number of aromatic nitrogens is 2. The Morgan fingerprint density at radius 1 is 1.28 bits per heavy atom. The van der Waals surface area contributed by atoms with Gasteiger partial charge in [0.05, 0.1) is 26.0 Å². The Morgan fingerprint density at radius 2 is 2.08 bits per heavy atom. The Bertz CT molecular complexity index is 742. The van der Waals surface area contributed by atoms with Gasteiger partial charge in [-0.3, -0.25) is 9.89 Å². The molecule has 0 saturated heterocycles. The van der Waals surface area contributed by atoms with Crippen LogP contribution < -0.4 is 4.74 Å². The van der Waals surface area contributed by atoms with Crippen LogP contribution in [0.15, 0.2) is 30.3 Å². The van der Waals surface area contributed by atoms with Gasteiger partial charge < -0.3 is 14.4 Å². The van der Waals surface area contributed by atoms with E-state index in [0.29, 0.717) is 44.7 Å². The van der Waals surface area contributed by atoms with Crippen LogP contribution in [-0.2, 0) is 22.5 Å². The van der Waals surface area contributed by atoms with Gasteiger partial charge in [-0.15, -0.1) is 0 Å². The average molecular weight is 343 g/mol. The minimum Gasteiger partial charge on any atom is -0.494 e. The standard InChI is InChI=1S/C18H21N3O4/c1-24-18(23)17-14-9-10-21(12-15(14)19-20-17)16(22)8-5-11-25-13-6-3-2-4-7-13/h2-4,6-7H,5,8-12H2,1H3,(H,19,20). The number of methoxy groups -OCH3 is 1. The van der Waals surface area contributed by atoms with Gasteiger partial charge in [0.25, 0.3) is 0 Å². The molecule has 1 aliphatic heterocycles. The van der Waals surface area contributed by atoms with Gasteiger partial charge in [0.15, 0.2) is 5.69 Å². The summed E-state index contributed by atoms with van der Waals surface area (Å²) < 4.78 is 10.3. The number of nitrogens with zero attached hydrogens (tertiary/aromatic N) is 2. The number of carbonyl (C=O) groups is 2. The van der Waals surface area contributed by atoms with Crippen LogP contribution in [0, 0.1) is 0 Å². The van der Waals surface area contributed by atoms with E-state index in [9.17, 15) is 9.59 Å². The first-order valence-electron chi connectivity index (χ1n) is 8.29. The highest BCUT2D eigenvalue weighted by atomic mass is 16.5. The van der Waals surface area contributed by atoms with E-state index >= 15 is 0 Å². The number of hydrogen-bond donors (Lipinski definition) is 1. The van der Waals surface area contributed by atoms with Crippen LogP contribution in [0.3, 0.4) is 0 Å². The maximum absolute atomic E-state index is 12.4. The van der Waals surface area contributed by atoms with E-state index < -0.39 is 5.97 Å². The molecule has 0 radical (unpaired) electrons. The average Bonchev–Trinajstić information content (AvgIpc) is 3.08. The molecular weight excluding hydrogens is 322 g/mol. The molecule has 7 nitrogen and oxygen atoms in total. The van der Waals surface area contributed by atoms with Crippen molar-refractivity contribution in [2.24, 2.45) is 0 Å². The zero-order valence-electron chi connectivity index (χ0n) is 14.2. The molecule has 1 aliphatic rings. The fourth-order valence-corrected chi connectivity index (χ4v) is 2.88. The molecule has 1 aromatic heterocycles. The van der Waals surface area contributed by atoms with Gasteiger partial charge >= 0.3 is 5.97 Å². The molecule has 0 unspecified atom stereocenters. The molecule has 25 heavy (non-hydrogen) atoms. The number of esters is 1. The fraction of sp³-hybridized carbons (Fsp3) is 0.389. The van der Waals surface area contributed by atoms with Crippen LogP contribution in [0.4, 0.5) is 0 Å². The summed E-state index contributed by atoms with van der Waals surface area (Å²) in [7, 11) is 1.33. The Balaban J connectivity index is 1.48. The zero-order valence-corrected chi connectivity index (χ0v) is 14.2. The lowest BCUT2D eigenvalue weighted by Crippen LogP contribution is -2.36. The van der Waals surface area contributed by atoms with Gasteiger partial charge in [-0.05, 0) is 25.0 Å². The molecule has 7 heteroatoms. The molecule has 1 amide bonds. The third-order valence-corrected chi connectivity index (χ3v) is 4.21. The van der Waals surface area contributed by atoms with Crippen molar-refractivity contribution < 1.29 is 19.1 Å². The zero-order chi connectivity index (χ0) is 17.6. The number of nitrogens with one attached hydrogen (secondary N) is 1. The third kappa shape index (κ3) is 3.99. The van der Waals surface area contributed by atoms with Gasteiger partial charge in [0.1, 0.15) is 5.75 Å². The van der Waals surface area contributed by atoms with Crippen molar-refractivity contribution >= 4 is 11.9 Å². The van der Waals surface area contributed by atoms with Crippen LogP contribution in [0.25, 0.3) is 0 Å². The second kappa shape index (κ2) is 7.83. The Hall–Kier alpha value is -2.83. The van der Waals surface area contributed by atoms with Gasteiger partial charge in [-0.1, -0.05) is 18.2 Å². The van der Waals surface area contributed by atoms with Gasteiger partial charge in [-0.2, -0.15) is 5.10 Å². The summed E-state index contributed by atoms with van der Waals surface area (Å²) in [5.74, 6) is 0.442. The maximum atomic E-state index is 12.4. The highest BCUT2D eigenvalue weighted by Crippen LogP contribution is 2.21. The van der Waals surface area contributed by atoms with Crippen molar-refractivity contribution in [2.75, 3.05) is 20.3 Å². The molecule has 2 heterocycles. The lowest BCUT2D eigenvalue weighted by atomic mass is 10.0. The van der Waals surface area contributed by atoms with E-state index in [1.165, 1.54) is 7.11 Å². The van der Waals surface area contributed by atoms with E-state index in [1.54, 1.807) is 4.90 Å². The van der Waals surface area contributed by atoms with E-state index in [0.717, 1.165) is 17.0 Å². The summed E-state index contributed by atoms with van der Waals surface area (Å²) >= 11 is 0. The molecule has 132 valence electrons. The third-order valence-electron chi connectivity index (χ3n) is 4.21. The molecule has 0 aliphatic carbocycles.